The second-order valence-corrected chi connectivity index (χ2v) is 5.90. The van der Waals surface area contributed by atoms with Crippen molar-refractivity contribution in [3.63, 3.8) is 0 Å². The quantitative estimate of drug-likeness (QED) is 0.834. The van der Waals surface area contributed by atoms with Gasteiger partial charge in [0.2, 0.25) is 17.2 Å². The Bertz CT molecular complexity index is 459. The molecular formula is C14H22ClN5O. The van der Waals surface area contributed by atoms with E-state index < -0.39 is 0 Å². The van der Waals surface area contributed by atoms with Gasteiger partial charge in [0, 0.05) is 26.2 Å². The van der Waals surface area contributed by atoms with E-state index in [9.17, 15) is 0 Å². The van der Waals surface area contributed by atoms with E-state index in [0.717, 1.165) is 32.1 Å². The first-order chi connectivity index (χ1) is 10.3. The molecule has 2 aliphatic heterocycles. The molecule has 2 saturated heterocycles. The van der Waals surface area contributed by atoms with Gasteiger partial charge in [-0.15, -0.1) is 0 Å². The molecule has 0 saturated carbocycles. The van der Waals surface area contributed by atoms with Gasteiger partial charge in [-0.05, 0) is 24.4 Å². The lowest BCUT2D eigenvalue weighted by Gasteiger charge is -2.29. The third kappa shape index (κ3) is 3.95. The summed E-state index contributed by atoms with van der Waals surface area (Å²) < 4.78 is 5.37. The molecule has 7 heteroatoms. The van der Waals surface area contributed by atoms with Crippen LogP contribution in [0.4, 0.5) is 11.9 Å². The van der Waals surface area contributed by atoms with Gasteiger partial charge in [0.1, 0.15) is 0 Å². The van der Waals surface area contributed by atoms with Gasteiger partial charge >= 0.3 is 0 Å². The van der Waals surface area contributed by atoms with Gasteiger partial charge in [-0.1, -0.05) is 19.3 Å². The highest BCUT2D eigenvalue weighted by atomic mass is 35.5. The molecule has 0 unspecified atom stereocenters. The van der Waals surface area contributed by atoms with Crippen molar-refractivity contribution in [2.45, 2.75) is 32.1 Å². The van der Waals surface area contributed by atoms with Crippen LogP contribution in [0.5, 0.6) is 0 Å². The van der Waals surface area contributed by atoms with Crippen molar-refractivity contribution < 1.29 is 4.74 Å². The average Bonchev–Trinajstić information content (AvgIpc) is 2.47. The van der Waals surface area contributed by atoms with Crippen LogP contribution in [0.15, 0.2) is 0 Å². The molecule has 21 heavy (non-hydrogen) atoms. The summed E-state index contributed by atoms with van der Waals surface area (Å²) in [6.45, 7) is 5.04. The van der Waals surface area contributed by atoms with Gasteiger partial charge in [-0.25, -0.2) is 0 Å². The van der Waals surface area contributed by atoms with Crippen LogP contribution in [-0.2, 0) is 4.74 Å². The summed E-state index contributed by atoms with van der Waals surface area (Å²) in [5, 5.41) is 0.281. The first kappa shape index (κ1) is 14.8. The van der Waals surface area contributed by atoms with Gasteiger partial charge in [-0.2, -0.15) is 15.0 Å². The Kier molecular flexibility index (Phi) is 5.08. The fourth-order valence-corrected chi connectivity index (χ4v) is 2.97. The van der Waals surface area contributed by atoms with Gasteiger partial charge in [0.05, 0.1) is 13.2 Å². The molecule has 3 rings (SSSR count). The number of hydrogen-bond donors (Lipinski definition) is 0. The summed E-state index contributed by atoms with van der Waals surface area (Å²) in [5.41, 5.74) is 0. The van der Waals surface area contributed by atoms with Crippen LogP contribution in [0.3, 0.4) is 0 Å². The summed E-state index contributed by atoms with van der Waals surface area (Å²) >= 11 is 6.11. The Morgan fingerprint density at radius 2 is 1.24 bits per heavy atom. The second-order valence-electron chi connectivity index (χ2n) is 5.56. The molecule has 0 atom stereocenters. The van der Waals surface area contributed by atoms with E-state index in [1.54, 1.807) is 0 Å². The van der Waals surface area contributed by atoms with E-state index in [-0.39, 0.29) is 5.28 Å². The lowest BCUT2D eigenvalue weighted by molar-refractivity contribution is 0.122. The normalized spacial score (nSPS) is 21.0. The van der Waals surface area contributed by atoms with Crippen LogP contribution in [-0.4, -0.2) is 54.3 Å². The Balaban J connectivity index is 1.78. The number of morpholine rings is 1. The number of hydrogen-bond acceptors (Lipinski definition) is 6. The Morgan fingerprint density at radius 1 is 0.714 bits per heavy atom. The lowest BCUT2D eigenvalue weighted by atomic mass is 10.1. The van der Waals surface area contributed by atoms with Gasteiger partial charge < -0.3 is 14.5 Å². The third-order valence-corrected chi connectivity index (χ3v) is 4.19. The fraction of sp³-hybridized carbons (Fsp3) is 0.786. The van der Waals surface area contributed by atoms with Crippen molar-refractivity contribution in [3.05, 3.63) is 5.28 Å². The van der Waals surface area contributed by atoms with E-state index in [1.165, 1.54) is 32.1 Å². The van der Waals surface area contributed by atoms with Crippen LogP contribution in [0, 0.1) is 0 Å². The molecule has 0 amide bonds. The average molecular weight is 312 g/mol. The van der Waals surface area contributed by atoms with Crippen LogP contribution < -0.4 is 9.80 Å². The third-order valence-electron chi connectivity index (χ3n) is 4.02. The molecule has 0 bridgehead atoms. The smallest absolute Gasteiger partial charge is 0.231 e. The lowest BCUT2D eigenvalue weighted by Crippen LogP contribution is -2.38. The second kappa shape index (κ2) is 7.22. The summed E-state index contributed by atoms with van der Waals surface area (Å²) in [4.78, 5) is 17.6. The number of aromatic nitrogens is 3. The molecule has 1 aromatic heterocycles. The van der Waals surface area contributed by atoms with Gasteiger partial charge in [0.25, 0.3) is 0 Å². The molecule has 116 valence electrons. The Hall–Kier alpha value is -1.14. The Labute approximate surface area is 130 Å². The molecule has 0 spiro atoms. The maximum Gasteiger partial charge on any atom is 0.231 e. The minimum atomic E-state index is 0.281. The summed E-state index contributed by atoms with van der Waals surface area (Å²) in [5.74, 6) is 1.40. The highest BCUT2D eigenvalue weighted by molar-refractivity contribution is 6.28. The number of halogens is 1. The van der Waals surface area contributed by atoms with Gasteiger partial charge in [-0.3, -0.25) is 0 Å². The summed E-state index contributed by atoms with van der Waals surface area (Å²) in [6.07, 6.45) is 6.29. The molecular weight excluding hydrogens is 290 g/mol. The predicted molar refractivity (Wildman–Crippen MR) is 83.2 cm³/mol. The number of nitrogens with zero attached hydrogens (tertiary/aromatic N) is 5. The SMILES string of the molecule is Clc1nc(N2CCCCCCC2)nc(N2CCOCC2)n1. The van der Waals surface area contributed by atoms with Crippen LogP contribution >= 0.6 is 11.6 Å². The standard InChI is InChI=1S/C14H22ClN5O/c15-12-16-13(19-6-4-2-1-3-5-7-19)18-14(17-12)20-8-10-21-11-9-20/h1-11H2. The van der Waals surface area contributed by atoms with Crippen molar-refractivity contribution in [2.75, 3.05) is 49.2 Å². The molecule has 0 radical (unpaired) electrons. The molecule has 1 aromatic rings. The van der Waals surface area contributed by atoms with Crippen molar-refractivity contribution in [2.24, 2.45) is 0 Å². The minimum absolute atomic E-state index is 0.281. The zero-order chi connectivity index (χ0) is 14.5. The largest absolute Gasteiger partial charge is 0.378 e. The molecule has 2 fully saturated rings. The Morgan fingerprint density at radius 3 is 1.86 bits per heavy atom. The van der Waals surface area contributed by atoms with Crippen molar-refractivity contribution in [1.29, 1.82) is 0 Å². The van der Waals surface area contributed by atoms with Crippen molar-refractivity contribution in [3.8, 4) is 0 Å². The van der Waals surface area contributed by atoms with Crippen LogP contribution in [0.1, 0.15) is 32.1 Å². The molecule has 0 N–H and O–H groups in total. The van der Waals surface area contributed by atoms with Crippen molar-refractivity contribution >= 4 is 23.5 Å². The molecule has 0 aromatic carbocycles. The van der Waals surface area contributed by atoms with Crippen LogP contribution in [0.2, 0.25) is 5.28 Å². The first-order valence-electron chi connectivity index (χ1n) is 7.82. The topological polar surface area (TPSA) is 54.4 Å². The molecule has 0 aliphatic carbocycles. The van der Waals surface area contributed by atoms with E-state index in [0.29, 0.717) is 19.2 Å². The molecule has 2 aliphatic rings. The van der Waals surface area contributed by atoms with Crippen LogP contribution in [0.25, 0.3) is 0 Å². The van der Waals surface area contributed by atoms with E-state index in [1.807, 2.05) is 0 Å². The number of rotatable bonds is 2. The maximum atomic E-state index is 6.11. The monoisotopic (exact) mass is 311 g/mol. The highest BCUT2D eigenvalue weighted by Gasteiger charge is 2.19. The van der Waals surface area contributed by atoms with Crippen molar-refractivity contribution in [1.82, 2.24) is 15.0 Å². The van der Waals surface area contributed by atoms with E-state index in [2.05, 4.69) is 24.8 Å². The zero-order valence-electron chi connectivity index (χ0n) is 12.3. The number of anilines is 2. The summed E-state index contributed by atoms with van der Waals surface area (Å²) in [7, 11) is 0. The maximum absolute atomic E-state index is 6.11. The predicted octanol–water partition coefficient (Wildman–Crippen LogP) is 2.13. The number of ether oxygens (including phenoxy) is 1. The summed E-state index contributed by atoms with van der Waals surface area (Å²) in [6, 6.07) is 0. The zero-order valence-corrected chi connectivity index (χ0v) is 13.1. The minimum Gasteiger partial charge on any atom is -0.378 e. The molecule has 6 nitrogen and oxygen atoms in total. The fourth-order valence-electron chi connectivity index (χ4n) is 2.82. The molecule has 3 heterocycles. The van der Waals surface area contributed by atoms with E-state index >= 15 is 0 Å². The highest BCUT2D eigenvalue weighted by Crippen LogP contribution is 2.20. The van der Waals surface area contributed by atoms with Gasteiger partial charge in [0.15, 0.2) is 0 Å². The van der Waals surface area contributed by atoms with E-state index in [4.69, 9.17) is 16.3 Å². The first-order valence-corrected chi connectivity index (χ1v) is 8.20.